The number of rotatable bonds is 11. The summed E-state index contributed by atoms with van der Waals surface area (Å²) in [6, 6.07) is 7.05. The molecular formula is C18H27FN2. The molecule has 1 unspecified atom stereocenters. The van der Waals surface area contributed by atoms with Gasteiger partial charge in [0.25, 0.3) is 0 Å². The van der Waals surface area contributed by atoms with Crippen LogP contribution in [-0.2, 0) is 0 Å². The van der Waals surface area contributed by atoms with Gasteiger partial charge in [-0.25, -0.2) is 4.39 Å². The van der Waals surface area contributed by atoms with E-state index in [2.05, 4.69) is 30.3 Å². The molecule has 1 N–H and O–H groups in total. The van der Waals surface area contributed by atoms with Crippen LogP contribution in [0.15, 0.2) is 49.6 Å². The lowest BCUT2D eigenvalue weighted by molar-refractivity contribution is 0.307. The molecule has 0 saturated heterocycles. The highest BCUT2D eigenvalue weighted by Crippen LogP contribution is 2.18. The summed E-state index contributed by atoms with van der Waals surface area (Å²) in [6.07, 6.45) is 5.81. The molecule has 2 nitrogen and oxygen atoms in total. The minimum atomic E-state index is -0.176. The molecule has 1 rings (SSSR count). The monoisotopic (exact) mass is 290 g/mol. The first kappa shape index (κ1) is 17.6. The Kier molecular flexibility index (Phi) is 8.63. The molecule has 3 heteroatoms. The molecule has 116 valence electrons. The molecule has 0 aliphatic carbocycles. The number of hydrogen-bond donors (Lipinski definition) is 1. The molecule has 0 aromatic heterocycles. The van der Waals surface area contributed by atoms with Gasteiger partial charge in [-0.3, -0.25) is 4.90 Å². The van der Waals surface area contributed by atoms with E-state index in [9.17, 15) is 4.39 Å². The van der Waals surface area contributed by atoms with E-state index in [1.807, 2.05) is 18.2 Å². The standard InChI is InChI=1S/C18H27FN2/c1-4-11-20-18(16-8-7-9-17(19)15-16)10-14-21(12-5-2)13-6-3/h5-9,15,18,20H,2-4,10-14H2,1H3. The molecule has 1 aromatic rings. The van der Waals surface area contributed by atoms with Crippen molar-refractivity contribution in [1.29, 1.82) is 0 Å². The van der Waals surface area contributed by atoms with Crippen molar-refractivity contribution in [2.24, 2.45) is 0 Å². The maximum Gasteiger partial charge on any atom is 0.123 e. The molecule has 1 atom stereocenters. The Bertz CT molecular complexity index is 421. The zero-order valence-corrected chi connectivity index (χ0v) is 13.0. The third kappa shape index (κ3) is 6.69. The van der Waals surface area contributed by atoms with Gasteiger partial charge in [-0.1, -0.05) is 31.2 Å². The van der Waals surface area contributed by atoms with Gasteiger partial charge >= 0.3 is 0 Å². The van der Waals surface area contributed by atoms with Crippen molar-refractivity contribution >= 4 is 0 Å². The summed E-state index contributed by atoms with van der Waals surface area (Å²) in [5.74, 6) is -0.176. The molecule has 0 saturated carbocycles. The summed E-state index contributed by atoms with van der Waals surface area (Å²) in [7, 11) is 0. The van der Waals surface area contributed by atoms with Crippen LogP contribution >= 0.6 is 0 Å². The van der Waals surface area contributed by atoms with Crippen LogP contribution in [0.3, 0.4) is 0 Å². The Morgan fingerprint density at radius 1 is 1.29 bits per heavy atom. The summed E-state index contributed by atoms with van der Waals surface area (Å²) >= 11 is 0. The Labute approximate surface area is 128 Å². The molecular weight excluding hydrogens is 263 g/mol. The van der Waals surface area contributed by atoms with Crippen LogP contribution in [0, 0.1) is 5.82 Å². The fourth-order valence-electron chi connectivity index (χ4n) is 2.36. The lowest BCUT2D eigenvalue weighted by Gasteiger charge is -2.24. The van der Waals surface area contributed by atoms with E-state index in [0.717, 1.165) is 44.6 Å². The predicted octanol–water partition coefficient (Wildman–Crippen LogP) is 3.93. The van der Waals surface area contributed by atoms with Gasteiger partial charge in [0.1, 0.15) is 5.82 Å². The molecule has 0 aliphatic heterocycles. The normalized spacial score (nSPS) is 12.3. The molecule has 21 heavy (non-hydrogen) atoms. The van der Waals surface area contributed by atoms with Crippen molar-refractivity contribution in [3.63, 3.8) is 0 Å². The van der Waals surface area contributed by atoms with E-state index in [4.69, 9.17) is 0 Å². The van der Waals surface area contributed by atoms with Crippen molar-refractivity contribution in [2.45, 2.75) is 25.8 Å². The second-order valence-corrected chi connectivity index (χ2v) is 5.19. The predicted molar refractivity (Wildman–Crippen MR) is 88.9 cm³/mol. The third-order valence-corrected chi connectivity index (χ3v) is 3.40. The van der Waals surface area contributed by atoms with E-state index in [1.54, 1.807) is 12.1 Å². The van der Waals surface area contributed by atoms with E-state index in [1.165, 1.54) is 6.07 Å². The lowest BCUT2D eigenvalue weighted by Crippen LogP contribution is -2.30. The fraction of sp³-hybridized carbons (Fsp3) is 0.444. The number of nitrogens with one attached hydrogen (secondary N) is 1. The van der Waals surface area contributed by atoms with Crippen molar-refractivity contribution in [3.8, 4) is 0 Å². The highest BCUT2D eigenvalue weighted by atomic mass is 19.1. The van der Waals surface area contributed by atoms with Crippen LogP contribution in [0.1, 0.15) is 31.4 Å². The maximum absolute atomic E-state index is 13.4. The SMILES string of the molecule is C=CCN(CC=C)CCC(NCCC)c1cccc(F)c1. The van der Waals surface area contributed by atoms with Crippen LogP contribution < -0.4 is 5.32 Å². The zero-order valence-electron chi connectivity index (χ0n) is 13.0. The van der Waals surface area contributed by atoms with Crippen LogP contribution in [0.4, 0.5) is 4.39 Å². The van der Waals surface area contributed by atoms with Crippen LogP contribution in [-0.4, -0.2) is 31.1 Å². The van der Waals surface area contributed by atoms with Crippen molar-refractivity contribution < 1.29 is 4.39 Å². The molecule has 0 spiro atoms. The lowest BCUT2D eigenvalue weighted by atomic mass is 10.0. The Morgan fingerprint density at radius 3 is 2.57 bits per heavy atom. The number of halogens is 1. The summed E-state index contributed by atoms with van der Waals surface area (Å²) in [5.41, 5.74) is 1.01. The fourth-order valence-corrected chi connectivity index (χ4v) is 2.36. The van der Waals surface area contributed by atoms with Gasteiger partial charge < -0.3 is 5.32 Å². The van der Waals surface area contributed by atoms with Gasteiger partial charge in [0, 0.05) is 25.7 Å². The number of benzene rings is 1. The molecule has 1 aromatic carbocycles. The number of hydrogen-bond acceptors (Lipinski definition) is 2. The molecule has 0 amide bonds. The molecule has 0 fully saturated rings. The van der Waals surface area contributed by atoms with Gasteiger partial charge in [0.2, 0.25) is 0 Å². The second kappa shape index (κ2) is 10.3. The highest BCUT2D eigenvalue weighted by Gasteiger charge is 2.13. The van der Waals surface area contributed by atoms with E-state index in [0.29, 0.717) is 0 Å². The summed E-state index contributed by atoms with van der Waals surface area (Å²) in [5, 5.41) is 3.51. The first-order valence-corrected chi connectivity index (χ1v) is 7.64. The van der Waals surface area contributed by atoms with Gasteiger partial charge in [-0.05, 0) is 37.1 Å². The highest BCUT2D eigenvalue weighted by molar-refractivity contribution is 5.20. The Balaban J connectivity index is 2.68. The Hall–Kier alpha value is -1.45. The van der Waals surface area contributed by atoms with E-state index in [-0.39, 0.29) is 11.9 Å². The zero-order chi connectivity index (χ0) is 15.5. The van der Waals surface area contributed by atoms with E-state index < -0.39 is 0 Å². The van der Waals surface area contributed by atoms with Gasteiger partial charge in [0.15, 0.2) is 0 Å². The van der Waals surface area contributed by atoms with Gasteiger partial charge in [-0.2, -0.15) is 0 Å². The van der Waals surface area contributed by atoms with Crippen molar-refractivity contribution in [2.75, 3.05) is 26.2 Å². The first-order valence-electron chi connectivity index (χ1n) is 7.64. The summed E-state index contributed by atoms with van der Waals surface area (Å²) in [6.45, 7) is 13.3. The van der Waals surface area contributed by atoms with Gasteiger partial charge in [-0.15, -0.1) is 13.2 Å². The van der Waals surface area contributed by atoms with Gasteiger partial charge in [0.05, 0.1) is 0 Å². The van der Waals surface area contributed by atoms with Crippen LogP contribution in [0.25, 0.3) is 0 Å². The maximum atomic E-state index is 13.4. The minimum Gasteiger partial charge on any atom is -0.310 e. The summed E-state index contributed by atoms with van der Waals surface area (Å²) < 4.78 is 13.4. The second-order valence-electron chi connectivity index (χ2n) is 5.19. The molecule has 0 radical (unpaired) electrons. The summed E-state index contributed by atoms with van der Waals surface area (Å²) in [4.78, 5) is 2.28. The molecule has 0 bridgehead atoms. The van der Waals surface area contributed by atoms with Crippen molar-refractivity contribution in [1.82, 2.24) is 10.2 Å². The Morgan fingerprint density at radius 2 is 2.00 bits per heavy atom. The van der Waals surface area contributed by atoms with Crippen molar-refractivity contribution in [3.05, 3.63) is 61.0 Å². The third-order valence-electron chi connectivity index (χ3n) is 3.40. The van der Waals surface area contributed by atoms with Crippen LogP contribution in [0.2, 0.25) is 0 Å². The van der Waals surface area contributed by atoms with Crippen LogP contribution in [0.5, 0.6) is 0 Å². The largest absolute Gasteiger partial charge is 0.310 e. The first-order chi connectivity index (χ1) is 10.2. The number of nitrogens with zero attached hydrogens (tertiary/aromatic N) is 1. The average molecular weight is 290 g/mol. The average Bonchev–Trinajstić information content (AvgIpc) is 2.47. The smallest absolute Gasteiger partial charge is 0.123 e. The molecule has 0 aliphatic rings. The van der Waals surface area contributed by atoms with E-state index >= 15 is 0 Å². The quantitative estimate of drug-likeness (QED) is 0.621. The minimum absolute atomic E-state index is 0.176. The topological polar surface area (TPSA) is 15.3 Å². The molecule has 0 heterocycles.